The van der Waals surface area contributed by atoms with Gasteiger partial charge in [0.2, 0.25) is 47.3 Å². The Morgan fingerprint density at radius 1 is 0.409 bits per heavy atom. The van der Waals surface area contributed by atoms with E-state index in [2.05, 4.69) is 87.8 Å². The molecule has 8 N–H and O–H groups in total. The summed E-state index contributed by atoms with van der Waals surface area (Å²) in [6.45, 7) is 30.3. The zero-order chi connectivity index (χ0) is 99.8. The van der Waals surface area contributed by atoms with Crippen LogP contribution in [0.25, 0.3) is 0 Å². The molecule has 8 amide bonds. The lowest BCUT2D eigenvalue weighted by Crippen LogP contribution is -2.40. The van der Waals surface area contributed by atoms with Gasteiger partial charge in [-0.15, -0.1) is 94.1 Å². The highest BCUT2D eigenvalue weighted by Gasteiger charge is 2.18. The second-order valence-corrected chi connectivity index (χ2v) is 47.0. The van der Waals surface area contributed by atoms with Crippen LogP contribution in [0.4, 0.5) is 0 Å². The number of thioether (sulfide) groups is 9. The fourth-order valence-electron chi connectivity index (χ4n) is 11.3. The number of nitrogens with one attached hydrogen (secondary N) is 8. The van der Waals surface area contributed by atoms with Gasteiger partial charge in [-0.2, -0.15) is 11.8 Å². The van der Waals surface area contributed by atoms with E-state index in [0.29, 0.717) is 92.0 Å². The number of nitrogens with zero attached hydrogens (tertiary/aromatic N) is 1. The van der Waals surface area contributed by atoms with Gasteiger partial charge in [-0.3, -0.25) is 38.4 Å². The molecule has 1 aliphatic heterocycles. The molecule has 3 atom stereocenters. The molecule has 0 spiro atoms. The Hall–Kier alpha value is -8.03. The Balaban J connectivity index is 0.000000404. The van der Waals surface area contributed by atoms with Crippen molar-refractivity contribution in [3.05, 3.63) is 266 Å². The van der Waals surface area contributed by atoms with Gasteiger partial charge in [-0.1, -0.05) is 179 Å². The predicted octanol–water partition coefficient (Wildman–Crippen LogP) is 20.1. The number of furan rings is 1. The molecular formula is C105H149N9O13S9Si. The van der Waals surface area contributed by atoms with Gasteiger partial charge >= 0.3 is 0 Å². The molecule has 0 radical (unpaired) electrons. The van der Waals surface area contributed by atoms with Crippen LogP contribution in [0, 0.1) is 6.92 Å². The second kappa shape index (κ2) is 81.6. The summed E-state index contributed by atoms with van der Waals surface area (Å²) in [5.74, 6) is 7.03. The van der Waals surface area contributed by atoms with Crippen LogP contribution in [0.5, 0.6) is 0 Å². The van der Waals surface area contributed by atoms with Gasteiger partial charge in [0.1, 0.15) is 11.5 Å². The number of methoxy groups -OCH3 is 2. The minimum atomic E-state index is -1.17. The molecule has 10 rings (SSSR count). The summed E-state index contributed by atoms with van der Waals surface area (Å²) in [7, 11) is 2.12. The Kier molecular flexibility index (Phi) is 73.4. The highest BCUT2D eigenvalue weighted by molar-refractivity contribution is 8.01. The van der Waals surface area contributed by atoms with Crippen LogP contribution in [0.3, 0.4) is 0 Å². The van der Waals surface area contributed by atoms with Crippen molar-refractivity contribution in [3.8, 4) is 0 Å². The predicted molar refractivity (Wildman–Crippen MR) is 585 cm³/mol. The minimum absolute atomic E-state index is 0.0120. The number of rotatable bonds is 52. The maximum Gasteiger partial charge on any atom is 0.230 e. The lowest BCUT2D eigenvalue weighted by Gasteiger charge is -2.19. The SMILES string of the molecule is CC(C)OCCCNC(=O)CSc1ccccc1.CCN(CC)CCCC(C)NC(=O)CSc1ccccc1.COCCCNC(=O)CSc1ccccc1.COC[C@H](C)NC(=O)CSc1ccccc1.CSCCNC(=O)CSc1ccccc1.C[Si](C)(C)CNC(=O)CSc1ccccc1.Cc1ccc(CNC(=O)CSc2ccccc2)o1.O=C(CSc1ccccc1)NC[C@@H]1CCCO1. The first-order chi connectivity index (χ1) is 66.3. The van der Waals surface area contributed by atoms with Gasteiger partial charge in [0, 0.05) is 123 Å². The van der Waals surface area contributed by atoms with Gasteiger partial charge in [0.15, 0.2) is 0 Å². The van der Waals surface area contributed by atoms with Gasteiger partial charge in [0.05, 0.1) is 79.5 Å². The smallest absolute Gasteiger partial charge is 0.230 e. The third kappa shape index (κ3) is 72.0. The third-order valence-corrected chi connectivity index (χ3v) is 28.3. The molecule has 1 aromatic heterocycles. The van der Waals surface area contributed by atoms with Gasteiger partial charge in [-0.25, -0.2) is 0 Å². The van der Waals surface area contributed by atoms with Crippen molar-refractivity contribution < 1.29 is 61.7 Å². The molecule has 0 bridgehead atoms. The van der Waals surface area contributed by atoms with E-state index in [1.54, 1.807) is 96.6 Å². The van der Waals surface area contributed by atoms with E-state index in [-0.39, 0.29) is 71.5 Å². The number of hydrogen-bond acceptors (Lipinski definition) is 23. The number of ether oxygens (including phenoxy) is 4. The molecule has 1 unspecified atom stereocenters. The van der Waals surface area contributed by atoms with Crippen molar-refractivity contribution in [1.82, 2.24) is 47.4 Å². The highest BCUT2D eigenvalue weighted by atomic mass is 32.2. The van der Waals surface area contributed by atoms with Crippen LogP contribution < -0.4 is 42.5 Å². The van der Waals surface area contributed by atoms with Crippen LogP contribution in [-0.2, 0) is 63.8 Å². The van der Waals surface area contributed by atoms with Crippen molar-refractivity contribution in [3.63, 3.8) is 0 Å². The molecule has 137 heavy (non-hydrogen) atoms. The zero-order valence-electron chi connectivity index (χ0n) is 82.3. The molecule has 9 aromatic rings. The molecule has 0 aliphatic carbocycles. The summed E-state index contributed by atoms with van der Waals surface area (Å²) >= 11 is 14.2. The highest BCUT2D eigenvalue weighted by Crippen LogP contribution is 2.24. The van der Waals surface area contributed by atoms with E-state index in [4.69, 9.17) is 23.4 Å². The average molecular weight is 2060 g/mol. The van der Waals surface area contributed by atoms with Gasteiger partial charge in [-0.05, 0) is 208 Å². The Morgan fingerprint density at radius 2 is 0.745 bits per heavy atom. The molecular weight excluding hydrogens is 1910 g/mol. The fourth-order valence-corrected chi connectivity index (χ4v) is 18.3. The average Bonchev–Trinajstić information content (AvgIpc) is 1.57. The van der Waals surface area contributed by atoms with E-state index < -0.39 is 8.07 Å². The normalized spacial score (nSPS) is 12.0. The van der Waals surface area contributed by atoms with Gasteiger partial charge in [0.25, 0.3) is 0 Å². The first-order valence-corrected chi connectivity index (χ1v) is 59.3. The third-order valence-electron chi connectivity index (χ3n) is 18.3. The first-order valence-electron chi connectivity index (χ1n) is 46.4. The summed E-state index contributed by atoms with van der Waals surface area (Å²) in [5, 5.41) is 23.3. The Bertz CT molecular complexity index is 4550. The van der Waals surface area contributed by atoms with Crippen LogP contribution in [-0.4, -0.2) is 235 Å². The monoisotopic (exact) mass is 2060 g/mol. The standard InChI is InChI=1S/C17H28N2OS.C14H15NO2S.C14H21NO2S.C13H17NO2S.2C12H17NO2S.C12H19NOSSi.C11H15NOS2/c1-4-19(5-2)13-9-10-15(3)18-17(20)14-21-16-11-7-6-8-12-16;1-11-7-8-12(17-11)9-15-14(16)10-18-13-5-3-2-4-6-13;1-12(2)17-10-6-9-15-14(16)11-18-13-7-4-3-5-8-13;15-13(14-9-11-5-4-8-16-11)10-17-12-6-2-1-3-7-12;1-10(8-15-2)13-12(14)9-16-11-6-4-3-5-7-11;1-15-9-5-8-13-12(14)10-16-11-6-3-2-4-7-11;1-16(2,3)10-13-12(14)9-15-11-7-5-4-6-8-11;1-14-8-7-12-11(13)9-15-10-5-3-2-4-6-10/h6-8,11-12,15H,4-5,9-10,13-14H2,1-3H3,(H,18,20);2-8H,9-10H2,1H3,(H,15,16);3-5,7-8,12H,6,9-11H2,1-2H3,(H,15,16);1-3,6-7,11H,4-5,8-10H2,(H,14,15);3-7,10H,8-9H2,1-2H3,(H,13,14);2-4,6-7H,5,8-10H2,1H3,(H,13,14);4-8H,9-10H2,1-3H3,(H,13,14);2-6H,7-9H2,1H3,(H,12,13)/t;;;11-;10-;;;/m...00.../s1. The number of carbonyl (C=O) groups is 8. The molecule has 1 fully saturated rings. The Labute approximate surface area is 856 Å². The van der Waals surface area contributed by atoms with E-state index >= 15 is 0 Å². The number of amides is 8. The van der Waals surface area contributed by atoms with E-state index in [1.165, 1.54) is 23.5 Å². The maximum absolute atomic E-state index is 11.9. The number of carbonyl (C=O) groups excluding carboxylic acids is 8. The van der Waals surface area contributed by atoms with Crippen LogP contribution in [0.2, 0.25) is 19.6 Å². The molecule has 22 nitrogen and oxygen atoms in total. The number of aryl methyl sites for hydroxylation is 1. The lowest BCUT2D eigenvalue weighted by molar-refractivity contribution is -0.120. The summed E-state index contributed by atoms with van der Waals surface area (Å²) in [6, 6.07) is 83.7. The van der Waals surface area contributed by atoms with Crippen molar-refractivity contribution in [2.75, 3.05) is 151 Å². The van der Waals surface area contributed by atoms with Crippen molar-refractivity contribution in [1.29, 1.82) is 0 Å². The first kappa shape index (κ1) is 123. The summed E-state index contributed by atoms with van der Waals surface area (Å²) < 4.78 is 26.1. The van der Waals surface area contributed by atoms with E-state index in [1.807, 2.05) is 289 Å². The van der Waals surface area contributed by atoms with Crippen LogP contribution >= 0.6 is 106 Å². The molecule has 8 aromatic carbocycles. The number of benzene rings is 8. The summed E-state index contributed by atoms with van der Waals surface area (Å²) in [4.78, 5) is 104. The molecule has 32 heteroatoms. The molecule has 750 valence electrons. The molecule has 1 aliphatic rings. The largest absolute Gasteiger partial charge is 0.465 e. The number of hydrogen-bond donors (Lipinski definition) is 8. The van der Waals surface area contributed by atoms with Crippen molar-refractivity contribution in [2.45, 2.75) is 177 Å². The quantitative estimate of drug-likeness (QED) is 0.00999. The molecule has 2 heterocycles. The Morgan fingerprint density at radius 3 is 1.06 bits per heavy atom. The second-order valence-electron chi connectivity index (χ2n) is 32.1. The lowest BCUT2D eigenvalue weighted by atomic mass is 10.2. The maximum atomic E-state index is 11.9. The van der Waals surface area contributed by atoms with Crippen LogP contribution in [0.15, 0.2) is 298 Å². The van der Waals surface area contributed by atoms with Crippen LogP contribution in [0.1, 0.15) is 91.6 Å². The van der Waals surface area contributed by atoms with Gasteiger partial charge < -0.3 is 70.8 Å². The minimum Gasteiger partial charge on any atom is -0.465 e. The van der Waals surface area contributed by atoms with E-state index in [9.17, 15) is 38.4 Å². The molecule has 0 saturated carbocycles. The van der Waals surface area contributed by atoms with E-state index in [0.717, 1.165) is 134 Å². The summed E-state index contributed by atoms with van der Waals surface area (Å²) in [6.07, 6.45) is 9.44. The molecule has 1 saturated heterocycles. The summed E-state index contributed by atoms with van der Waals surface area (Å²) in [5.41, 5.74) is 0. The van der Waals surface area contributed by atoms with Crippen molar-refractivity contribution in [2.24, 2.45) is 0 Å². The zero-order valence-corrected chi connectivity index (χ0v) is 90.6. The topological polar surface area (TPSA) is 286 Å². The van der Waals surface area contributed by atoms with Crippen molar-refractivity contribution >= 4 is 161 Å². The fraction of sp³-hybridized carbons (Fsp3) is 0.429.